The van der Waals surface area contributed by atoms with E-state index in [1.807, 2.05) is 36.4 Å². The molecule has 2 aliphatic rings. The predicted molar refractivity (Wildman–Crippen MR) is 124 cm³/mol. The van der Waals surface area contributed by atoms with Crippen LogP contribution in [0.1, 0.15) is 63.9 Å². The molecule has 0 atom stereocenters. The first-order valence-electron chi connectivity index (χ1n) is 10.9. The van der Waals surface area contributed by atoms with Crippen molar-refractivity contribution < 1.29 is 9.59 Å². The van der Waals surface area contributed by atoms with Crippen LogP contribution in [0.15, 0.2) is 60.7 Å². The molecular weight excluding hydrogens is 386 g/mol. The minimum Gasteiger partial charge on any atom is -0.399 e. The zero-order valence-corrected chi connectivity index (χ0v) is 17.3. The predicted octanol–water partition coefficient (Wildman–Crippen LogP) is 5.53. The van der Waals surface area contributed by atoms with Gasteiger partial charge in [0.2, 0.25) is 0 Å². The highest BCUT2D eigenvalue weighted by atomic mass is 16.1. The molecule has 1 fully saturated rings. The van der Waals surface area contributed by atoms with Crippen LogP contribution in [-0.2, 0) is 0 Å². The van der Waals surface area contributed by atoms with Crippen LogP contribution in [0.2, 0.25) is 0 Å². The summed E-state index contributed by atoms with van der Waals surface area (Å²) in [7, 11) is 0. The van der Waals surface area contributed by atoms with Gasteiger partial charge in [0.25, 0.3) is 0 Å². The van der Waals surface area contributed by atoms with Gasteiger partial charge in [-0.1, -0.05) is 49.6 Å². The van der Waals surface area contributed by atoms with E-state index in [0.29, 0.717) is 39.7 Å². The molecular formula is C26H25N3O2. The number of ketones is 2. The lowest BCUT2D eigenvalue weighted by Crippen LogP contribution is -2.27. The van der Waals surface area contributed by atoms with Gasteiger partial charge >= 0.3 is 0 Å². The number of carbonyl (C=O) groups excluding carboxylic acids is 2. The zero-order chi connectivity index (χ0) is 21.4. The number of rotatable bonds is 4. The molecule has 156 valence electrons. The van der Waals surface area contributed by atoms with Crippen LogP contribution in [0.4, 0.5) is 22.7 Å². The number of nitrogens with one attached hydrogen (secondary N) is 2. The third-order valence-electron chi connectivity index (χ3n) is 6.21. The van der Waals surface area contributed by atoms with Crippen molar-refractivity contribution in [3.8, 4) is 0 Å². The minimum atomic E-state index is -0.135. The number of hydrogen-bond donors (Lipinski definition) is 3. The van der Waals surface area contributed by atoms with Gasteiger partial charge in [-0.3, -0.25) is 9.59 Å². The van der Waals surface area contributed by atoms with E-state index in [-0.39, 0.29) is 11.6 Å². The van der Waals surface area contributed by atoms with Crippen molar-refractivity contribution in [2.45, 2.75) is 38.1 Å². The summed E-state index contributed by atoms with van der Waals surface area (Å²) in [5.41, 5.74) is 10.5. The monoisotopic (exact) mass is 411 g/mol. The molecule has 3 aromatic carbocycles. The molecule has 31 heavy (non-hydrogen) atoms. The first-order chi connectivity index (χ1) is 15.1. The molecule has 4 N–H and O–H groups in total. The Morgan fingerprint density at radius 3 is 2.06 bits per heavy atom. The maximum atomic E-state index is 13.5. The van der Waals surface area contributed by atoms with Crippen LogP contribution in [0.3, 0.4) is 0 Å². The first-order valence-corrected chi connectivity index (χ1v) is 10.9. The molecule has 0 spiro atoms. The fourth-order valence-electron chi connectivity index (χ4n) is 4.69. The molecule has 0 aliphatic heterocycles. The molecule has 0 unspecified atom stereocenters. The number of benzene rings is 3. The van der Waals surface area contributed by atoms with Gasteiger partial charge in [0.1, 0.15) is 0 Å². The summed E-state index contributed by atoms with van der Waals surface area (Å²) in [6.45, 7) is 0. The van der Waals surface area contributed by atoms with E-state index < -0.39 is 0 Å². The summed E-state index contributed by atoms with van der Waals surface area (Å²) in [5, 5.41) is 6.87. The second-order valence-corrected chi connectivity index (χ2v) is 8.34. The smallest absolute Gasteiger partial charge is 0.196 e. The van der Waals surface area contributed by atoms with Crippen LogP contribution in [0.25, 0.3) is 0 Å². The SMILES string of the molecule is Nc1cccc(Nc2ccc(NC3CCCCC3)c3c2C(=O)c2ccccc2C3=O)c1. The van der Waals surface area contributed by atoms with Gasteiger partial charge in [-0.2, -0.15) is 0 Å². The van der Waals surface area contributed by atoms with Crippen molar-refractivity contribution in [2.24, 2.45) is 0 Å². The van der Waals surface area contributed by atoms with Gasteiger partial charge < -0.3 is 16.4 Å². The Kier molecular flexibility index (Phi) is 4.94. The molecule has 0 bridgehead atoms. The molecule has 5 nitrogen and oxygen atoms in total. The lowest BCUT2D eigenvalue weighted by molar-refractivity contribution is 0.0980. The summed E-state index contributed by atoms with van der Waals surface area (Å²) in [5.74, 6) is -0.247. The quantitative estimate of drug-likeness (QED) is 0.384. The average Bonchev–Trinajstić information content (AvgIpc) is 2.79. The Bertz CT molecular complexity index is 1180. The lowest BCUT2D eigenvalue weighted by Gasteiger charge is -2.28. The molecule has 0 saturated heterocycles. The Balaban J connectivity index is 1.62. The van der Waals surface area contributed by atoms with Crippen molar-refractivity contribution in [2.75, 3.05) is 16.4 Å². The van der Waals surface area contributed by atoms with Crippen molar-refractivity contribution >= 4 is 34.3 Å². The van der Waals surface area contributed by atoms with E-state index in [4.69, 9.17) is 5.73 Å². The van der Waals surface area contributed by atoms with Gasteiger partial charge in [-0.15, -0.1) is 0 Å². The number of nitrogens with two attached hydrogens (primary N) is 1. The van der Waals surface area contributed by atoms with E-state index in [0.717, 1.165) is 24.2 Å². The summed E-state index contributed by atoms with van der Waals surface area (Å²) in [6.07, 6.45) is 5.78. The van der Waals surface area contributed by atoms with E-state index in [9.17, 15) is 9.59 Å². The molecule has 1 saturated carbocycles. The molecule has 0 heterocycles. The molecule has 0 amide bonds. The largest absolute Gasteiger partial charge is 0.399 e. The molecule has 2 aliphatic carbocycles. The summed E-state index contributed by atoms with van der Waals surface area (Å²) in [6, 6.07) is 18.5. The van der Waals surface area contributed by atoms with Gasteiger partial charge in [0, 0.05) is 34.2 Å². The second-order valence-electron chi connectivity index (χ2n) is 8.34. The first kappa shape index (κ1) is 19.4. The van der Waals surface area contributed by atoms with Crippen LogP contribution < -0.4 is 16.4 Å². The fraction of sp³-hybridized carbons (Fsp3) is 0.231. The Labute approximate surface area is 181 Å². The van der Waals surface area contributed by atoms with Crippen LogP contribution >= 0.6 is 0 Å². The highest BCUT2D eigenvalue weighted by Gasteiger charge is 2.34. The normalized spacial score (nSPS) is 15.9. The zero-order valence-electron chi connectivity index (χ0n) is 17.3. The number of anilines is 4. The maximum Gasteiger partial charge on any atom is 0.196 e. The number of hydrogen-bond acceptors (Lipinski definition) is 5. The summed E-state index contributed by atoms with van der Waals surface area (Å²) >= 11 is 0. The van der Waals surface area contributed by atoms with Crippen LogP contribution in [0.5, 0.6) is 0 Å². The molecule has 0 aromatic heterocycles. The summed E-state index contributed by atoms with van der Waals surface area (Å²) in [4.78, 5) is 27.1. The van der Waals surface area contributed by atoms with E-state index in [1.165, 1.54) is 19.3 Å². The lowest BCUT2D eigenvalue weighted by atomic mass is 9.82. The van der Waals surface area contributed by atoms with E-state index in [1.54, 1.807) is 24.3 Å². The Hall–Kier alpha value is -3.60. The number of nitrogen functional groups attached to an aromatic ring is 1. The van der Waals surface area contributed by atoms with Crippen LogP contribution in [-0.4, -0.2) is 17.6 Å². The Morgan fingerprint density at radius 1 is 0.742 bits per heavy atom. The highest BCUT2D eigenvalue weighted by molar-refractivity contribution is 6.32. The Morgan fingerprint density at radius 2 is 1.39 bits per heavy atom. The average molecular weight is 412 g/mol. The van der Waals surface area contributed by atoms with Gasteiger partial charge in [-0.05, 0) is 43.2 Å². The topological polar surface area (TPSA) is 84.2 Å². The third-order valence-corrected chi connectivity index (χ3v) is 6.21. The number of fused-ring (bicyclic) bond motifs is 2. The van der Waals surface area contributed by atoms with Crippen LogP contribution in [0, 0.1) is 0 Å². The third kappa shape index (κ3) is 3.56. The van der Waals surface area contributed by atoms with Gasteiger partial charge in [-0.25, -0.2) is 0 Å². The highest BCUT2D eigenvalue weighted by Crippen LogP contribution is 2.38. The van der Waals surface area contributed by atoms with E-state index in [2.05, 4.69) is 10.6 Å². The van der Waals surface area contributed by atoms with E-state index >= 15 is 0 Å². The van der Waals surface area contributed by atoms with Gasteiger partial charge in [0.05, 0.1) is 16.8 Å². The van der Waals surface area contributed by atoms with Gasteiger partial charge in [0.15, 0.2) is 11.6 Å². The van der Waals surface area contributed by atoms with Crippen molar-refractivity contribution in [1.82, 2.24) is 0 Å². The second kappa shape index (κ2) is 7.91. The number of carbonyl (C=O) groups is 2. The fourth-order valence-corrected chi connectivity index (χ4v) is 4.69. The van der Waals surface area contributed by atoms with Crippen molar-refractivity contribution in [3.05, 3.63) is 82.9 Å². The molecule has 0 radical (unpaired) electrons. The molecule has 5 rings (SSSR count). The van der Waals surface area contributed by atoms with Crippen molar-refractivity contribution in [1.29, 1.82) is 0 Å². The minimum absolute atomic E-state index is 0.111. The molecule has 5 heteroatoms. The molecule has 3 aromatic rings. The summed E-state index contributed by atoms with van der Waals surface area (Å²) < 4.78 is 0. The standard InChI is InChI=1S/C26H25N3O2/c27-16-7-6-10-18(15-16)29-22-14-13-21(28-17-8-2-1-3-9-17)23-24(22)26(31)20-12-5-4-11-19(20)25(23)30/h4-7,10-15,17,28-29H,1-3,8-9,27H2. The van der Waals surface area contributed by atoms with Crippen molar-refractivity contribution in [3.63, 3.8) is 0 Å². The maximum absolute atomic E-state index is 13.5.